The summed E-state index contributed by atoms with van der Waals surface area (Å²) in [5, 5.41) is 70.1. The van der Waals surface area contributed by atoms with Crippen molar-refractivity contribution in [2.24, 2.45) is 40.5 Å². The molecule has 6 aromatic rings. The number of phenolic OH excluding ortho intramolecular Hbond substituents is 4. The molecule has 0 saturated heterocycles. The molecule has 0 saturated carbocycles. The first kappa shape index (κ1) is 57.2. The maximum Gasteiger partial charge on any atom is 0.416 e. The number of hydrazine groups is 3. The topological polar surface area (TPSA) is 325 Å². The van der Waals surface area contributed by atoms with Gasteiger partial charge in [-0.2, -0.15) is 26.3 Å². The maximum atomic E-state index is 13.7. The lowest BCUT2D eigenvalue weighted by Gasteiger charge is -2.32. The van der Waals surface area contributed by atoms with Crippen molar-refractivity contribution in [3.05, 3.63) is 213 Å². The van der Waals surface area contributed by atoms with Crippen molar-refractivity contribution in [2.45, 2.75) is 51.2 Å². The van der Waals surface area contributed by atoms with Crippen molar-refractivity contribution in [2.75, 3.05) is 20.3 Å². The van der Waals surface area contributed by atoms with E-state index in [2.05, 4.69) is 5.32 Å². The van der Waals surface area contributed by atoms with Gasteiger partial charge in [-0.05, 0) is 104 Å². The van der Waals surface area contributed by atoms with Crippen LogP contribution in [-0.2, 0) is 23.6 Å². The van der Waals surface area contributed by atoms with Crippen molar-refractivity contribution in [1.82, 2.24) is 0 Å². The summed E-state index contributed by atoms with van der Waals surface area (Å²) in [6.07, 6.45) is -6.27. The monoisotopic (exact) mass is 1050 g/mol. The average Bonchev–Trinajstić information content (AvgIpc) is 3.32. The zero-order chi connectivity index (χ0) is 56.0. The SMILES string of the molecule is Cc1cccc(O)c1N(N)/C=C(\N)C(O)(/C(N)=C/N(N)c1c(C)cccc1O)c1ccccc1.Cc1cccc(O)c1N/C=C(\N)C(O)(/C(N)=C/N(N)c1c(C)cccc1O)c1cc(C(F)(F)F)cc(C(F)(F)F)c1. The van der Waals surface area contributed by atoms with Gasteiger partial charge in [-0.25, -0.2) is 17.5 Å². The Kier molecular flexibility index (Phi) is 17.2. The number of halogens is 6. The summed E-state index contributed by atoms with van der Waals surface area (Å²) < 4.78 is 82.0. The van der Waals surface area contributed by atoms with Gasteiger partial charge in [0.2, 0.25) is 0 Å². The van der Waals surface area contributed by atoms with Crippen LogP contribution in [0.15, 0.2) is 169 Å². The second-order valence-electron chi connectivity index (χ2n) is 17.1. The smallest absolute Gasteiger partial charge is 0.416 e. The number of aromatic hydroxyl groups is 4. The van der Waals surface area contributed by atoms with Crippen LogP contribution in [0.4, 0.5) is 49.1 Å². The van der Waals surface area contributed by atoms with Gasteiger partial charge in [0.05, 0.1) is 39.6 Å². The van der Waals surface area contributed by atoms with E-state index in [1.54, 1.807) is 94.4 Å². The van der Waals surface area contributed by atoms with Crippen molar-refractivity contribution in [1.29, 1.82) is 0 Å². The molecule has 21 N–H and O–H groups in total. The summed E-state index contributed by atoms with van der Waals surface area (Å²) in [6, 6.07) is 27.6. The van der Waals surface area contributed by atoms with E-state index in [1.807, 2.05) is 0 Å². The molecular formula is C52H57F6N11O6. The molecule has 0 amide bonds. The van der Waals surface area contributed by atoms with E-state index in [0.29, 0.717) is 39.2 Å². The number of aryl methyl sites for hydroxylation is 4. The predicted molar refractivity (Wildman–Crippen MR) is 275 cm³/mol. The molecule has 1 atom stereocenters. The molecule has 1 unspecified atom stereocenters. The van der Waals surface area contributed by atoms with Crippen LogP contribution in [0.1, 0.15) is 44.5 Å². The minimum Gasteiger partial charge on any atom is -0.506 e. The first-order valence-electron chi connectivity index (χ1n) is 22.2. The van der Waals surface area contributed by atoms with E-state index in [0.717, 1.165) is 27.4 Å². The molecule has 0 heterocycles. The van der Waals surface area contributed by atoms with Crippen LogP contribution in [-0.4, -0.2) is 30.6 Å². The lowest BCUT2D eigenvalue weighted by atomic mass is 9.85. The molecule has 0 aliphatic rings. The number of para-hydroxylation sites is 4. The maximum absolute atomic E-state index is 13.7. The highest BCUT2D eigenvalue weighted by Gasteiger charge is 2.43. The molecule has 0 aromatic heterocycles. The Balaban J connectivity index is 0.000000282. The summed E-state index contributed by atoms with van der Waals surface area (Å²) in [5.41, 5.74) is 17.0. The first-order valence-corrected chi connectivity index (χ1v) is 22.2. The largest absolute Gasteiger partial charge is 0.506 e. The van der Waals surface area contributed by atoms with E-state index in [4.69, 9.17) is 40.5 Å². The van der Waals surface area contributed by atoms with Crippen molar-refractivity contribution >= 4 is 22.7 Å². The molecule has 0 bridgehead atoms. The van der Waals surface area contributed by atoms with E-state index < -0.39 is 51.6 Å². The molecule has 0 aliphatic carbocycles. The lowest BCUT2D eigenvalue weighted by Crippen LogP contribution is -2.42. The summed E-state index contributed by atoms with van der Waals surface area (Å²) >= 11 is 0. The molecule has 0 spiro atoms. The number of aliphatic hydroxyl groups is 2. The highest BCUT2D eigenvalue weighted by atomic mass is 19.4. The van der Waals surface area contributed by atoms with E-state index in [1.165, 1.54) is 48.8 Å². The van der Waals surface area contributed by atoms with E-state index >= 15 is 0 Å². The summed E-state index contributed by atoms with van der Waals surface area (Å²) in [6.45, 7) is 6.70. The van der Waals surface area contributed by atoms with Crippen LogP contribution in [0, 0.1) is 27.7 Å². The molecule has 0 radical (unpaired) electrons. The van der Waals surface area contributed by atoms with Crippen molar-refractivity contribution in [3.8, 4) is 23.0 Å². The van der Waals surface area contributed by atoms with Crippen molar-refractivity contribution < 1.29 is 57.0 Å². The quantitative estimate of drug-likeness (QED) is 0.0220. The van der Waals surface area contributed by atoms with Gasteiger partial charge >= 0.3 is 12.4 Å². The molecular weight excluding hydrogens is 989 g/mol. The molecule has 0 aliphatic heterocycles. The van der Waals surface area contributed by atoms with Gasteiger partial charge in [0.15, 0.2) is 11.2 Å². The summed E-state index contributed by atoms with van der Waals surface area (Å²) in [4.78, 5) is 0. The Morgan fingerprint density at radius 2 is 0.747 bits per heavy atom. The number of benzene rings is 6. The average molecular weight is 1050 g/mol. The van der Waals surface area contributed by atoms with E-state index in [-0.39, 0.29) is 64.0 Å². The second kappa shape index (κ2) is 22.6. The number of rotatable bonds is 14. The van der Waals surface area contributed by atoms with Crippen LogP contribution in [0.2, 0.25) is 0 Å². The van der Waals surface area contributed by atoms with E-state index in [9.17, 15) is 57.0 Å². The second-order valence-corrected chi connectivity index (χ2v) is 17.1. The standard InChI is InChI=1S/C27H27F6N5O3.C25H30N6O3/c1-14-5-3-7-19(39)23(14)37-12-21(34)25(41,22(35)13-38(36)24-15(2)6-4-8-20(24)40)16-9-17(26(28,29)30)11-18(10-16)27(31,32)33;1-16-8-6-12-19(32)23(16)30(28)14-21(26)25(34,18-10-4-3-5-11-18)22(27)15-31(29)24-17(2)9-7-13-20(24)33/h3-13,37,39-41H,34-36H2,1-2H3;3-15,32-34H,26-29H2,1-2H3/b21-12-,22-13-;21-14-,22-15-. The molecule has 0 fully saturated rings. The zero-order valence-electron chi connectivity index (χ0n) is 40.7. The van der Waals surface area contributed by atoms with Crippen LogP contribution in [0.25, 0.3) is 0 Å². The van der Waals surface area contributed by atoms with Crippen LogP contribution < -0.4 is 60.8 Å². The fraction of sp³-hybridized carbons (Fsp3) is 0.154. The van der Waals surface area contributed by atoms with Gasteiger partial charge in [-0.15, -0.1) is 0 Å². The Labute approximate surface area is 427 Å². The number of hydrogen-bond donors (Lipinski definition) is 14. The third-order valence-electron chi connectivity index (χ3n) is 11.7. The number of anilines is 4. The zero-order valence-corrected chi connectivity index (χ0v) is 40.7. The van der Waals surface area contributed by atoms with Crippen molar-refractivity contribution in [3.63, 3.8) is 0 Å². The minimum atomic E-state index is -5.24. The highest BCUT2D eigenvalue weighted by molar-refractivity contribution is 5.67. The molecule has 398 valence electrons. The number of phenols is 4. The molecule has 6 rings (SSSR count). The van der Waals surface area contributed by atoms with Gasteiger partial charge < -0.3 is 58.9 Å². The third kappa shape index (κ3) is 12.5. The lowest BCUT2D eigenvalue weighted by molar-refractivity contribution is -0.143. The minimum absolute atomic E-state index is 0.0247. The Morgan fingerprint density at radius 1 is 0.427 bits per heavy atom. The number of nitrogens with one attached hydrogen (secondary N) is 1. The number of alkyl halides is 6. The normalized spacial score (nSPS) is 14.2. The predicted octanol–water partition coefficient (Wildman–Crippen LogP) is 7.30. The molecule has 23 heteroatoms. The summed E-state index contributed by atoms with van der Waals surface area (Å²) in [7, 11) is 0. The fourth-order valence-electron chi connectivity index (χ4n) is 7.80. The van der Waals surface area contributed by atoms with Gasteiger partial charge in [-0.1, -0.05) is 78.9 Å². The fourth-order valence-corrected chi connectivity index (χ4v) is 7.80. The van der Waals surface area contributed by atoms with Gasteiger partial charge in [-0.3, -0.25) is 15.0 Å². The number of nitrogens with zero attached hydrogens (tertiary/aromatic N) is 3. The van der Waals surface area contributed by atoms with Gasteiger partial charge in [0, 0.05) is 24.8 Å². The van der Waals surface area contributed by atoms with Gasteiger partial charge in [0.25, 0.3) is 0 Å². The van der Waals surface area contributed by atoms with Gasteiger partial charge in [0.1, 0.15) is 40.1 Å². The molecule has 6 aromatic carbocycles. The molecule has 17 nitrogen and oxygen atoms in total. The first-order chi connectivity index (χ1) is 34.9. The van der Waals surface area contributed by atoms with Crippen LogP contribution in [0.5, 0.6) is 23.0 Å². The van der Waals surface area contributed by atoms with Crippen LogP contribution in [0.3, 0.4) is 0 Å². The third-order valence-corrected chi connectivity index (χ3v) is 11.7. The molecule has 75 heavy (non-hydrogen) atoms. The Morgan fingerprint density at radius 3 is 1.08 bits per heavy atom. The van der Waals surface area contributed by atoms with Crippen LogP contribution >= 0.6 is 0 Å². The number of hydrogen-bond acceptors (Lipinski definition) is 17. The summed E-state index contributed by atoms with van der Waals surface area (Å²) in [5.74, 6) is 17.7. The highest BCUT2D eigenvalue weighted by Crippen LogP contribution is 2.43. The number of nitrogens with two attached hydrogens (primary N) is 7. The Hall–Kier alpha value is -8.74. The Bertz CT molecular complexity index is 2960.